The molecule has 5 heteroatoms. The van der Waals surface area contributed by atoms with Crippen LogP contribution in [-0.4, -0.2) is 41.9 Å². The molecule has 0 aromatic rings. The Labute approximate surface area is 103 Å². The highest BCUT2D eigenvalue weighted by atomic mass is 16.2. The minimum atomic E-state index is -0.439. The molecule has 2 atom stereocenters. The smallest absolute Gasteiger partial charge is 0.239 e. The van der Waals surface area contributed by atoms with Crippen molar-refractivity contribution in [1.29, 1.82) is 0 Å². The van der Waals surface area contributed by atoms with Gasteiger partial charge in [0.25, 0.3) is 0 Å². The Morgan fingerprint density at radius 3 is 2.59 bits per heavy atom. The lowest BCUT2D eigenvalue weighted by Gasteiger charge is -2.35. The van der Waals surface area contributed by atoms with Crippen molar-refractivity contribution in [2.45, 2.75) is 45.7 Å². The summed E-state index contributed by atoms with van der Waals surface area (Å²) in [6.07, 6.45) is 1.85. The van der Waals surface area contributed by atoms with Crippen LogP contribution in [0.2, 0.25) is 0 Å². The normalized spacial score (nSPS) is 22.4. The Morgan fingerprint density at radius 2 is 2.06 bits per heavy atom. The summed E-state index contributed by atoms with van der Waals surface area (Å²) in [5.74, 6) is 0.0937. The standard InChI is InChI=1S/C12H23N3O2/c1-8(2)11(13)12(17)15-6-4-5-10(7-15)14-9(3)16/h8,10-11H,4-7,13H2,1-3H3,(H,14,16)/t10?,11-/m1/s1. The van der Waals surface area contributed by atoms with Crippen LogP contribution >= 0.6 is 0 Å². The molecule has 1 aliphatic heterocycles. The van der Waals surface area contributed by atoms with Crippen molar-refractivity contribution in [3.8, 4) is 0 Å². The molecule has 98 valence electrons. The highest BCUT2D eigenvalue weighted by molar-refractivity contribution is 5.82. The van der Waals surface area contributed by atoms with E-state index in [1.807, 2.05) is 13.8 Å². The Balaban J connectivity index is 2.54. The number of rotatable bonds is 3. The fourth-order valence-electron chi connectivity index (χ4n) is 2.08. The zero-order valence-corrected chi connectivity index (χ0v) is 10.9. The molecule has 1 fully saturated rings. The van der Waals surface area contributed by atoms with Gasteiger partial charge in [-0.05, 0) is 18.8 Å². The van der Waals surface area contributed by atoms with Crippen LogP contribution in [0.3, 0.4) is 0 Å². The van der Waals surface area contributed by atoms with Gasteiger partial charge < -0.3 is 16.0 Å². The van der Waals surface area contributed by atoms with Crippen LogP contribution in [0.15, 0.2) is 0 Å². The molecule has 5 nitrogen and oxygen atoms in total. The number of nitrogens with zero attached hydrogens (tertiary/aromatic N) is 1. The molecule has 0 aromatic carbocycles. The van der Waals surface area contributed by atoms with Crippen molar-refractivity contribution in [2.24, 2.45) is 11.7 Å². The molecular weight excluding hydrogens is 218 g/mol. The molecule has 1 heterocycles. The summed E-state index contributed by atoms with van der Waals surface area (Å²) < 4.78 is 0. The van der Waals surface area contributed by atoms with Crippen LogP contribution in [0.25, 0.3) is 0 Å². The highest BCUT2D eigenvalue weighted by Crippen LogP contribution is 2.13. The van der Waals surface area contributed by atoms with Crippen LogP contribution in [0.4, 0.5) is 0 Å². The molecule has 0 saturated carbocycles. The average molecular weight is 241 g/mol. The lowest BCUT2D eigenvalue weighted by atomic mass is 10.0. The summed E-state index contributed by atoms with van der Waals surface area (Å²) in [7, 11) is 0. The minimum absolute atomic E-state index is 0.00458. The predicted octanol–water partition coefficient (Wildman–Crippen LogP) is 0.0968. The van der Waals surface area contributed by atoms with Gasteiger partial charge in [0.2, 0.25) is 11.8 Å². The van der Waals surface area contributed by atoms with Gasteiger partial charge in [0.1, 0.15) is 0 Å². The number of piperidine rings is 1. The number of likely N-dealkylation sites (tertiary alicyclic amines) is 1. The third-order valence-corrected chi connectivity index (χ3v) is 3.14. The Hall–Kier alpha value is -1.10. The molecule has 0 aromatic heterocycles. The Kier molecular flexibility index (Phi) is 4.93. The number of nitrogens with one attached hydrogen (secondary N) is 1. The first-order valence-electron chi connectivity index (χ1n) is 6.23. The van der Waals surface area contributed by atoms with E-state index in [1.54, 1.807) is 4.90 Å². The van der Waals surface area contributed by atoms with Crippen LogP contribution in [0.1, 0.15) is 33.6 Å². The fourth-order valence-corrected chi connectivity index (χ4v) is 2.08. The maximum Gasteiger partial charge on any atom is 0.239 e. The first-order valence-corrected chi connectivity index (χ1v) is 6.23. The summed E-state index contributed by atoms with van der Waals surface area (Å²) in [4.78, 5) is 24.8. The fraction of sp³-hybridized carbons (Fsp3) is 0.833. The predicted molar refractivity (Wildman–Crippen MR) is 66.2 cm³/mol. The van der Waals surface area contributed by atoms with Crippen molar-refractivity contribution in [1.82, 2.24) is 10.2 Å². The number of hydrogen-bond acceptors (Lipinski definition) is 3. The van der Waals surface area contributed by atoms with Gasteiger partial charge >= 0.3 is 0 Å². The molecule has 17 heavy (non-hydrogen) atoms. The molecule has 3 N–H and O–H groups in total. The van der Waals surface area contributed by atoms with Gasteiger partial charge in [-0.3, -0.25) is 9.59 Å². The van der Waals surface area contributed by atoms with Crippen molar-refractivity contribution in [3.05, 3.63) is 0 Å². The molecule has 1 aliphatic rings. The zero-order valence-electron chi connectivity index (χ0n) is 10.9. The molecule has 0 spiro atoms. The molecule has 0 bridgehead atoms. The van der Waals surface area contributed by atoms with E-state index in [9.17, 15) is 9.59 Å². The summed E-state index contributed by atoms with van der Waals surface area (Å²) in [5, 5.41) is 2.86. The van der Waals surface area contributed by atoms with Crippen molar-refractivity contribution < 1.29 is 9.59 Å². The third kappa shape index (κ3) is 4.00. The van der Waals surface area contributed by atoms with Gasteiger partial charge in [-0.25, -0.2) is 0 Å². The van der Waals surface area contributed by atoms with Crippen molar-refractivity contribution in [2.75, 3.05) is 13.1 Å². The van der Waals surface area contributed by atoms with Gasteiger partial charge in [-0.2, -0.15) is 0 Å². The summed E-state index contributed by atoms with van der Waals surface area (Å²) in [6.45, 7) is 6.71. The van der Waals surface area contributed by atoms with Gasteiger partial charge in [0, 0.05) is 26.1 Å². The first kappa shape index (κ1) is 14.0. The summed E-state index contributed by atoms with van der Waals surface area (Å²) >= 11 is 0. The lowest BCUT2D eigenvalue weighted by Crippen LogP contribution is -2.54. The monoisotopic (exact) mass is 241 g/mol. The van der Waals surface area contributed by atoms with Crippen LogP contribution in [-0.2, 0) is 9.59 Å². The van der Waals surface area contributed by atoms with Crippen molar-refractivity contribution in [3.63, 3.8) is 0 Å². The van der Waals surface area contributed by atoms with E-state index < -0.39 is 6.04 Å². The van der Waals surface area contributed by atoms with E-state index in [-0.39, 0.29) is 23.8 Å². The quantitative estimate of drug-likeness (QED) is 0.735. The molecule has 1 unspecified atom stereocenters. The number of nitrogens with two attached hydrogens (primary N) is 1. The summed E-state index contributed by atoms with van der Waals surface area (Å²) in [5.41, 5.74) is 5.86. The van der Waals surface area contributed by atoms with Gasteiger partial charge in [-0.1, -0.05) is 13.8 Å². The zero-order chi connectivity index (χ0) is 13.0. The third-order valence-electron chi connectivity index (χ3n) is 3.14. The molecule has 0 radical (unpaired) electrons. The lowest BCUT2D eigenvalue weighted by molar-refractivity contribution is -0.135. The second-order valence-electron chi connectivity index (χ2n) is 5.09. The topological polar surface area (TPSA) is 75.4 Å². The van der Waals surface area contributed by atoms with E-state index in [0.29, 0.717) is 6.54 Å². The number of amides is 2. The number of carbonyl (C=O) groups excluding carboxylic acids is 2. The number of carbonyl (C=O) groups is 2. The van der Waals surface area contributed by atoms with Crippen LogP contribution in [0.5, 0.6) is 0 Å². The molecule has 1 saturated heterocycles. The first-order chi connectivity index (χ1) is 7.91. The highest BCUT2D eigenvalue weighted by Gasteiger charge is 2.28. The van der Waals surface area contributed by atoms with Crippen molar-refractivity contribution >= 4 is 11.8 Å². The SMILES string of the molecule is CC(=O)NC1CCCN(C(=O)[C@H](N)C(C)C)C1. The van der Waals surface area contributed by atoms with Crippen LogP contribution < -0.4 is 11.1 Å². The van der Waals surface area contributed by atoms with Gasteiger partial charge in [0.15, 0.2) is 0 Å². The van der Waals surface area contributed by atoms with E-state index in [4.69, 9.17) is 5.73 Å². The van der Waals surface area contributed by atoms with E-state index in [2.05, 4.69) is 5.32 Å². The Bertz CT molecular complexity index is 291. The van der Waals surface area contributed by atoms with Gasteiger partial charge in [0.05, 0.1) is 6.04 Å². The molecule has 2 amide bonds. The molecule has 1 rings (SSSR count). The van der Waals surface area contributed by atoms with E-state index in [1.165, 1.54) is 6.92 Å². The average Bonchev–Trinajstić information content (AvgIpc) is 2.26. The van der Waals surface area contributed by atoms with Crippen LogP contribution in [0, 0.1) is 5.92 Å². The molecular formula is C12H23N3O2. The largest absolute Gasteiger partial charge is 0.352 e. The maximum atomic E-state index is 12.1. The molecule has 0 aliphatic carbocycles. The maximum absolute atomic E-state index is 12.1. The summed E-state index contributed by atoms with van der Waals surface area (Å²) in [6, 6.07) is -0.365. The Morgan fingerprint density at radius 1 is 1.41 bits per heavy atom. The second kappa shape index (κ2) is 6.00. The number of hydrogen-bond donors (Lipinski definition) is 2. The minimum Gasteiger partial charge on any atom is -0.352 e. The van der Waals surface area contributed by atoms with E-state index >= 15 is 0 Å². The second-order valence-corrected chi connectivity index (χ2v) is 5.09. The van der Waals surface area contributed by atoms with E-state index in [0.717, 1.165) is 19.4 Å². The van der Waals surface area contributed by atoms with Gasteiger partial charge in [-0.15, -0.1) is 0 Å².